The molecule has 0 aromatic heterocycles. The van der Waals surface area contributed by atoms with Gasteiger partial charge >= 0.3 is 24.2 Å². The van der Waals surface area contributed by atoms with Crippen LogP contribution in [0.5, 0.6) is 11.5 Å². The predicted molar refractivity (Wildman–Crippen MR) is 252 cm³/mol. The lowest BCUT2D eigenvalue weighted by Crippen LogP contribution is -2.44. The maximum atomic E-state index is 14.1. The molecule has 0 bridgehead atoms. The van der Waals surface area contributed by atoms with Gasteiger partial charge < -0.3 is 50.1 Å². The van der Waals surface area contributed by atoms with Gasteiger partial charge in [-0.15, -0.1) is 0 Å². The molecule has 0 unspecified atom stereocenters. The van der Waals surface area contributed by atoms with E-state index < -0.39 is 53.6 Å². The fraction of sp³-hybridized carbons (Fsp3) is 0.392. The Morgan fingerprint density at radius 2 is 0.985 bits per heavy atom. The molecule has 4 amide bonds. The Balaban J connectivity index is 1.44. The summed E-state index contributed by atoms with van der Waals surface area (Å²) in [7, 11) is 2.71. The van der Waals surface area contributed by atoms with Gasteiger partial charge in [-0.1, -0.05) is 72.8 Å². The van der Waals surface area contributed by atoms with E-state index in [9.17, 15) is 38.7 Å². The van der Waals surface area contributed by atoms with Gasteiger partial charge in [-0.05, 0) is 106 Å². The third kappa shape index (κ3) is 18.8. The average molecular weight is 939 g/mol. The third-order valence-electron chi connectivity index (χ3n) is 10.3. The second kappa shape index (κ2) is 27.3. The van der Waals surface area contributed by atoms with Crippen molar-refractivity contribution in [3.63, 3.8) is 0 Å². The Kier molecular flexibility index (Phi) is 21.3. The Labute approximate surface area is 396 Å². The van der Waals surface area contributed by atoms with Gasteiger partial charge in [0.2, 0.25) is 0 Å². The molecule has 5 N–H and O–H groups in total. The number of aromatic carboxylic acids is 1. The van der Waals surface area contributed by atoms with E-state index in [1.807, 2.05) is 60.7 Å². The SMILES string of the molecule is COc1ccc(CC(=O)[C@H](CCCCNC(=O)OCc2ccccc2)NC(=O)c2cc(CC(=O)[C@H](CCCCNC(=O)OCc3ccccc3)NC(=O)OC(C)(C)C)ccc2OC)cc1C(=O)O. The van der Waals surface area contributed by atoms with Gasteiger partial charge in [-0.3, -0.25) is 14.4 Å². The zero-order chi connectivity index (χ0) is 49.5. The van der Waals surface area contributed by atoms with Crippen molar-refractivity contribution in [2.45, 2.75) is 103 Å². The summed E-state index contributed by atoms with van der Waals surface area (Å²) in [6, 6.07) is 25.4. The molecule has 0 aliphatic carbocycles. The standard InChI is InChI=1S/C51H62N4O13/c1-51(2,3)68-50(63)55-41(21-13-15-27-53-49(62)67-33-35-18-10-7-11-19-35)43(57)30-36-22-24-44(64-4)38(28-36)46(58)54-40(42(56)31-37-23-25-45(65-5)39(29-37)47(59)60)20-12-14-26-52-48(61)66-32-34-16-8-6-9-17-34/h6-11,16-19,22-25,28-29,40-41H,12-15,20-21,26-27,30-33H2,1-5H3,(H,52,61)(H,53,62)(H,54,58)(H,55,63)(H,59,60)/t40-,41-/m0/s1. The predicted octanol–water partition coefficient (Wildman–Crippen LogP) is 7.51. The number of rotatable bonds is 26. The van der Waals surface area contributed by atoms with Crippen LogP contribution in [-0.4, -0.2) is 91.8 Å². The third-order valence-corrected chi connectivity index (χ3v) is 10.3. The molecule has 2 atom stereocenters. The number of methoxy groups -OCH3 is 2. The Bertz CT molecular complexity index is 2320. The monoisotopic (exact) mass is 938 g/mol. The zero-order valence-corrected chi connectivity index (χ0v) is 39.2. The summed E-state index contributed by atoms with van der Waals surface area (Å²) in [6.07, 6.45) is -0.247. The number of carboxylic acids is 1. The van der Waals surface area contributed by atoms with E-state index in [1.165, 1.54) is 38.5 Å². The minimum absolute atomic E-state index is 0.0397. The molecule has 17 nitrogen and oxygen atoms in total. The van der Waals surface area contributed by atoms with E-state index in [4.69, 9.17) is 23.7 Å². The molecule has 4 rings (SSSR count). The normalized spacial score (nSPS) is 11.8. The van der Waals surface area contributed by atoms with Crippen molar-refractivity contribution in [1.82, 2.24) is 21.3 Å². The highest BCUT2D eigenvalue weighted by Gasteiger charge is 2.27. The molecular formula is C51H62N4O13. The van der Waals surface area contributed by atoms with E-state index in [1.54, 1.807) is 32.9 Å². The van der Waals surface area contributed by atoms with Crippen molar-refractivity contribution in [2.24, 2.45) is 0 Å². The number of alkyl carbamates (subject to hydrolysis) is 3. The van der Waals surface area contributed by atoms with E-state index in [0.717, 1.165) is 11.1 Å². The van der Waals surface area contributed by atoms with Crippen LogP contribution in [0.2, 0.25) is 0 Å². The molecule has 0 fully saturated rings. The number of carbonyl (C=O) groups excluding carboxylic acids is 6. The lowest BCUT2D eigenvalue weighted by atomic mass is 9.96. The summed E-state index contributed by atoms with van der Waals surface area (Å²) in [6.45, 7) is 5.82. The highest BCUT2D eigenvalue weighted by Crippen LogP contribution is 2.24. The van der Waals surface area contributed by atoms with Gasteiger partial charge in [0, 0.05) is 25.9 Å². The first-order valence-corrected chi connectivity index (χ1v) is 22.4. The molecule has 17 heteroatoms. The molecular weight excluding hydrogens is 877 g/mol. The van der Waals surface area contributed by atoms with E-state index in [0.29, 0.717) is 36.8 Å². The van der Waals surface area contributed by atoms with Gasteiger partial charge in [0.25, 0.3) is 5.91 Å². The van der Waals surface area contributed by atoms with Crippen LogP contribution in [0.1, 0.15) is 102 Å². The molecule has 4 aromatic rings. The highest BCUT2D eigenvalue weighted by molar-refractivity contribution is 6.01. The van der Waals surface area contributed by atoms with E-state index in [-0.39, 0.29) is 80.4 Å². The summed E-state index contributed by atoms with van der Waals surface area (Å²) in [5, 5.41) is 20.6. The molecule has 0 radical (unpaired) electrons. The number of benzene rings is 4. The smallest absolute Gasteiger partial charge is 0.408 e. The maximum Gasteiger partial charge on any atom is 0.408 e. The Morgan fingerprint density at radius 1 is 0.544 bits per heavy atom. The minimum Gasteiger partial charge on any atom is -0.496 e. The van der Waals surface area contributed by atoms with Crippen LogP contribution < -0.4 is 30.7 Å². The lowest BCUT2D eigenvalue weighted by Gasteiger charge is -2.23. The molecule has 0 aliphatic heterocycles. The second-order valence-electron chi connectivity index (χ2n) is 16.9. The van der Waals surface area contributed by atoms with Crippen LogP contribution in [-0.2, 0) is 49.9 Å². The van der Waals surface area contributed by atoms with E-state index >= 15 is 0 Å². The summed E-state index contributed by atoms with van der Waals surface area (Å²) < 4.78 is 26.7. The molecule has 0 spiro atoms. The fourth-order valence-corrected chi connectivity index (χ4v) is 6.91. The quantitative estimate of drug-likeness (QED) is 0.0303. The minimum atomic E-state index is -1.24. The second-order valence-corrected chi connectivity index (χ2v) is 16.9. The number of amides is 4. The molecule has 0 saturated heterocycles. The number of nitrogens with one attached hydrogen (secondary N) is 4. The number of ketones is 2. The van der Waals surface area contributed by atoms with Gasteiger partial charge in [-0.25, -0.2) is 19.2 Å². The average Bonchev–Trinajstić information content (AvgIpc) is 3.31. The Hall–Kier alpha value is -7.43. The molecule has 0 saturated carbocycles. The molecule has 0 aliphatic rings. The maximum absolute atomic E-state index is 14.1. The summed E-state index contributed by atoms with van der Waals surface area (Å²) >= 11 is 0. The van der Waals surface area contributed by atoms with Crippen LogP contribution in [0, 0.1) is 0 Å². The van der Waals surface area contributed by atoms with Crippen molar-refractivity contribution in [3.8, 4) is 11.5 Å². The van der Waals surface area contributed by atoms with Crippen LogP contribution in [0.15, 0.2) is 97.1 Å². The van der Waals surface area contributed by atoms with Crippen LogP contribution >= 0.6 is 0 Å². The van der Waals surface area contributed by atoms with Gasteiger partial charge in [0.1, 0.15) is 35.9 Å². The molecule has 68 heavy (non-hydrogen) atoms. The fourth-order valence-electron chi connectivity index (χ4n) is 6.91. The van der Waals surface area contributed by atoms with Crippen LogP contribution in [0.3, 0.4) is 0 Å². The first-order chi connectivity index (χ1) is 32.5. The zero-order valence-electron chi connectivity index (χ0n) is 39.2. The summed E-state index contributed by atoms with van der Waals surface area (Å²) in [4.78, 5) is 91.3. The number of Topliss-reactive ketones (excluding diaryl/α,β-unsaturated/α-hetero) is 2. The molecule has 364 valence electrons. The molecule has 0 heterocycles. The first-order valence-electron chi connectivity index (χ1n) is 22.4. The number of carbonyl (C=O) groups is 7. The topological polar surface area (TPSA) is 234 Å². The number of hydrogen-bond acceptors (Lipinski definition) is 12. The van der Waals surface area contributed by atoms with E-state index in [2.05, 4.69) is 21.3 Å². The van der Waals surface area contributed by atoms with Crippen LogP contribution in [0.25, 0.3) is 0 Å². The lowest BCUT2D eigenvalue weighted by molar-refractivity contribution is -0.121. The van der Waals surface area contributed by atoms with Gasteiger partial charge in [-0.2, -0.15) is 0 Å². The van der Waals surface area contributed by atoms with Crippen molar-refractivity contribution in [3.05, 3.63) is 130 Å². The van der Waals surface area contributed by atoms with Crippen molar-refractivity contribution in [2.75, 3.05) is 27.3 Å². The number of carboxylic acid groups (broad SMARTS) is 1. The number of ether oxygens (including phenoxy) is 5. The summed E-state index contributed by atoms with van der Waals surface area (Å²) in [5.74, 6) is -2.39. The van der Waals surface area contributed by atoms with Gasteiger partial charge in [0.15, 0.2) is 11.6 Å². The Morgan fingerprint density at radius 3 is 1.43 bits per heavy atom. The van der Waals surface area contributed by atoms with Crippen molar-refractivity contribution in [1.29, 1.82) is 0 Å². The first kappa shape index (κ1) is 53.2. The largest absolute Gasteiger partial charge is 0.496 e. The van der Waals surface area contributed by atoms with Crippen LogP contribution in [0.4, 0.5) is 14.4 Å². The van der Waals surface area contributed by atoms with Crippen molar-refractivity contribution < 1.29 is 62.4 Å². The number of unbranched alkanes of at least 4 members (excludes halogenated alkanes) is 2. The molecule has 4 aromatic carbocycles. The van der Waals surface area contributed by atoms with Gasteiger partial charge in [0.05, 0.1) is 31.9 Å². The highest BCUT2D eigenvalue weighted by atomic mass is 16.6. The number of hydrogen-bond donors (Lipinski definition) is 5. The van der Waals surface area contributed by atoms with Crippen molar-refractivity contribution >= 4 is 41.7 Å². The summed E-state index contributed by atoms with van der Waals surface area (Å²) in [5.41, 5.74) is 1.57.